The van der Waals surface area contributed by atoms with Crippen LogP contribution in [0.2, 0.25) is 0 Å². The lowest BCUT2D eigenvalue weighted by Crippen LogP contribution is -2.58. The Bertz CT molecular complexity index is 1150. The van der Waals surface area contributed by atoms with E-state index in [9.17, 15) is 19.2 Å². The number of ether oxygens (including phenoxy) is 2. The van der Waals surface area contributed by atoms with Gasteiger partial charge in [0.25, 0.3) is 0 Å². The van der Waals surface area contributed by atoms with Crippen LogP contribution < -0.4 is 0 Å². The van der Waals surface area contributed by atoms with E-state index in [1.165, 1.54) is 32.5 Å². The molecule has 0 bridgehead atoms. The summed E-state index contributed by atoms with van der Waals surface area (Å²) in [7, 11) is 0. The summed E-state index contributed by atoms with van der Waals surface area (Å²) in [5.41, 5.74) is -2.36. The van der Waals surface area contributed by atoms with Gasteiger partial charge < -0.3 is 9.47 Å². The summed E-state index contributed by atoms with van der Waals surface area (Å²) in [5.74, 6) is -1.60. The van der Waals surface area contributed by atoms with Gasteiger partial charge >= 0.3 is 12.4 Å². The van der Waals surface area contributed by atoms with Crippen LogP contribution in [0, 0.1) is 5.41 Å². The second kappa shape index (κ2) is 10.7. The van der Waals surface area contributed by atoms with E-state index in [0.717, 1.165) is 5.56 Å². The standard InChI is InChI=1S/C28H24O6/c1-27(2,34-20-30)28(17-21-11-5-3-6-12-21,25(31)24-16-10-9-15-23(24)18-29)26(32)33-19-22-13-7-4-8-14-22/h3-16H,17,19H2,1-2H3. The number of hydrogen-bond acceptors (Lipinski definition) is 6. The van der Waals surface area contributed by atoms with Gasteiger partial charge in [-0.1, -0.05) is 84.9 Å². The Hall–Kier alpha value is -4.06. The molecule has 1 atom stereocenters. The highest BCUT2D eigenvalue weighted by Gasteiger charge is 2.60. The van der Waals surface area contributed by atoms with Crippen LogP contribution in [0.4, 0.5) is 0 Å². The molecule has 0 saturated heterocycles. The molecular formula is C28H24O6. The van der Waals surface area contributed by atoms with Crippen molar-refractivity contribution in [2.75, 3.05) is 0 Å². The third-order valence-electron chi connectivity index (χ3n) is 5.87. The van der Waals surface area contributed by atoms with Crippen LogP contribution in [0.1, 0.15) is 40.9 Å². The maximum atomic E-state index is 14.1. The third-order valence-corrected chi connectivity index (χ3v) is 5.87. The molecule has 3 aromatic rings. The van der Waals surface area contributed by atoms with E-state index >= 15 is 0 Å². The van der Waals surface area contributed by atoms with Gasteiger partial charge in [0.05, 0.1) is 0 Å². The van der Waals surface area contributed by atoms with E-state index < -0.39 is 22.8 Å². The molecule has 0 aliphatic rings. The number of ketones is 1. The average molecular weight is 456 g/mol. The minimum atomic E-state index is -2.02. The van der Waals surface area contributed by atoms with Crippen molar-refractivity contribution in [3.8, 4) is 0 Å². The van der Waals surface area contributed by atoms with Gasteiger partial charge in [-0.25, -0.2) is 4.79 Å². The number of rotatable bonds is 11. The molecule has 34 heavy (non-hydrogen) atoms. The van der Waals surface area contributed by atoms with Crippen LogP contribution in [0.25, 0.3) is 0 Å². The third kappa shape index (κ3) is 4.96. The summed E-state index contributed by atoms with van der Waals surface area (Å²) >= 11 is 0. The van der Waals surface area contributed by atoms with Crippen LogP contribution in [0.15, 0.2) is 84.9 Å². The van der Waals surface area contributed by atoms with Crippen LogP contribution in [-0.4, -0.2) is 30.1 Å². The highest BCUT2D eigenvalue weighted by atomic mass is 16.6. The lowest BCUT2D eigenvalue weighted by molar-refractivity contribution is -0.165. The molecular weight excluding hydrogens is 432 g/mol. The monoisotopic (exact) mass is 456 g/mol. The second-order valence-corrected chi connectivity index (χ2v) is 8.30. The van der Waals surface area contributed by atoms with Gasteiger partial charge in [-0.05, 0) is 31.4 Å². The van der Waals surface area contributed by atoms with Gasteiger partial charge in [-0.3, -0.25) is 14.4 Å². The Morgan fingerprint density at radius 3 is 1.94 bits per heavy atom. The van der Waals surface area contributed by atoms with Crippen molar-refractivity contribution in [2.24, 2.45) is 5.41 Å². The molecule has 0 saturated carbocycles. The van der Waals surface area contributed by atoms with E-state index in [0.29, 0.717) is 5.56 Å². The molecule has 0 aromatic heterocycles. The minimum absolute atomic E-state index is 0.00770. The highest BCUT2D eigenvalue weighted by Crippen LogP contribution is 2.43. The Kier molecular flexibility index (Phi) is 7.74. The molecule has 172 valence electrons. The van der Waals surface area contributed by atoms with Crippen LogP contribution in [0.3, 0.4) is 0 Å². The first kappa shape index (κ1) is 24.6. The average Bonchev–Trinajstić information content (AvgIpc) is 2.86. The Morgan fingerprint density at radius 1 is 0.794 bits per heavy atom. The highest BCUT2D eigenvalue weighted by molar-refractivity contribution is 6.16. The zero-order chi connectivity index (χ0) is 24.6. The number of carbonyl (C=O) groups is 2. The largest absolute Gasteiger partial charge is 0.460 e. The normalized spacial score (nSPS) is 12.8. The first-order chi connectivity index (χ1) is 16.4. The Morgan fingerprint density at radius 2 is 1.35 bits per heavy atom. The number of carbonyl (C=O) groups excluding carboxylic acids is 4. The van der Waals surface area contributed by atoms with Gasteiger partial charge in [0.2, 0.25) is 6.29 Å². The zero-order valence-corrected chi connectivity index (χ0v) is 18.9. The molecule has 6 heteroatoms. The molecule has 6 nitrogen and oxygen atoms in total. The summed E-state index contributed by atoms with van der Waals surface area (Å²) < 4.78 is 10.9. The van der Waals surface area contributed by atoms with E-state index in [1.54, 1.807) is 73.0 Å². The van der Waals surface area contributed by atoms with Gasteiger partial charge in [-0.2, -0.15) is 0 Å². The van der Waals surface area contributed by atoms with Crippen molar-refractivity contribution < 1.29 is 28.7 Å². The summed E-state index contributed by atoms with van der Waals surface area (Å²) in [6, 6.07) is 23.9. The van der Waals surface area contributed by atoms with E-state index in [4.69, 9.17) is 9.47 Å². The van der Waals surface area contributed by atoms with Crippen molar-refractivity contribution in [3.05, 3.63) is 107 Å². The molecule has 3 rings (SSSR count). The molecule has 0 amide bonds. The fourth-order valence-corrected chi connectivity index (χ4v) is 3.92. The molecule has 0 aliphatic carbocycles. The summed E-state index contributed by atoms with van der Waals surface area (Å²) in [4.78, 5) is 50.9. The van der Waals surface area contributed by atoms with Crippen molar-refractivity contribution in [1.82, 2.24) is 0 Å². The minimum Gasteiger partial charge on any atom is -0.460 e. The molecule has 1 unspecified atom stereocenters. The maximum Gasteiger partial charge on any atom is 0.418 e. The molecule has 3 aromatic carbocycles. The van der Waals surface area contributed by atoms with Gasteiger partial charge in [0.1, 0.15) is 12.2 Å². The van der Waals surface area contributed by atoms with Crippen molar-refractivity contribution in [2.45, 2.75) is 32.5 Å². The molecule has 0 heterocycles. The van der Waals surface area contributed by atoms with E-state index in [2.05, 4.69) is 0 Å². The van der Waals surface area contributed by atoms with Gasteiger partial charge in [-0.15, -0.1) is 0 Å². The van der Waals surface area contributed by atoms with E-state index in [-0.39, 0.29) is 24.2 Å². The molecule has 0 spiro atoms. The van der Waals surface area contributed by atoms with Crippen molar-refractivity contribution >= 4 is 24.5 Å². The van der Waals surface area contributed by atoms with Gasteiger partial charge in [0, 0.05) is 11.1 Å². The van der Waals surface area contributed by atoms with Crippen molar-refractivity contribution in [1.29, 1.82) is 0 Å². The predicted molar refractivity (Wildman–Crippen MR) is 125 cm³/mol. The lowest BCUT2D eigenvalue weighted by Gasteiger charge is -2.41. The summed E-state index contributed by atoms with van der Waals surface area (Å²) in [6.07, 6.45) is 1.61. The molecule has 0 fully saturated rings. The lowest BCUT2D eigenvalue weighted by atomic mass is 9.64. The summed E-state index contributed by atoms with van der Waals surface area (Å²) in [6.45, 7) is 4.19. The predicted octanol–water partition coefficient (Wildman–Crippen LogP) is 4.16. The molecule has 0 N–H and O–H groups in total. The van der Waals surface area contributed by atoms with Crippen LogP contribution in [-0.2, 0) is 36.9 Å². The zero-order valence-electron chi connectivity index (χ0n) is 18.9. The van der Waals surface area contributed by atoms with Gasteiger partial charge in [0.15, 0.2) is 11.2 Å². The molecule has 0 aliphatic heterocycles. The first-order valence-electron chi connectivity index (χ1n) is 10.7. The number of hydrogen-bond donors (Lipinski definition) is 0. The van der Waals surface area contributed by atoms with E-state index in [1.807, 2.05) is 6.07 Å². The summed E-state index contributed by atoms with van der Waals surface area (Å²) in [5, 5.41) is 0. The topological polar surface area (TPSA) is 86.7 Å². The molecule has 2 radical (unpaired) electrons. The number of Topliss-reactive ketones (excluding diaryl/α,β-unsaturated/α-hetero) is 1. The fourth-order valence-electron chi connectivity index (χ4n) is 3.92. The van der Waals surface area contributed by atoms with Crippen LogP contribution in [0.5, 0.6) is 0 Å². The SMILES string of the molecule is CC(C)(O[C]=O)C(Cc1ccccc1)(C(=O)OCc1ccccc1)C(=O)c1ccccc1[C]=O. The Balaban J connectivity index is 2.18. The van der Waals surface area contributed by atoms with Crippen molar-refractivity contribution in [3.63, 3.8) is 0 Å². The maximum absolute atomic E-state index is 14.1. The smallest absolute Gasteiger partial charge is 0.418 e. The Labute approximate surface area is 198 Å². The number of esters is 1. The first-order valence-corrected chi connectivity index (χ1v) is 10.7. The van der Waals surface area contributed by atoms with Crippen LogP contribution >= 0.6 is 0 Å². The second-order valence-electron chi connectivity index (χ2n) is 8.30. The number of benzene rings is 3. The fraction of sp³-hybridized carbons (Fsp3) is 0.214. The quantitative estimate of drug-likeness (QED) is 0.245.